The second-order valence-electron chi connectivity index (χ2n) is 5.11. The van der Waals surface area contributed by atoms with E-state index in [-0.39, 0.29) is 5.91 Å². The third-order valence-corrected chi connectivity index (χ3v) is 3.59. The van der Waals surface area contributed by atoms with Crippen LogP contribution < -0.4 is 5.32 Å². The summed E-state index contributed by atoms with van der Waals surface area (Å²) < 4.78 is 4.73. The Kier molecular flexibility index (Phi) is 4.82. The van der Waals surface area contributed by atoms with Crippen molar-refractivity contribution in [3.63, 3.8) is 0 Å². The third kappa shape index (κ3) is 3.40. The van der Waals surface area contributed by atoms with Crippen molar-refractivity contribution in [2.45, 2.75) is 20.4 Å². The number of carbonyl (C=O) groups is 2. The van der Waals surface area contributed by atoms with Gasteiger partial charge >= 0.3 is 5.97 Å². The molecular formula is C17H17N3O3. The molecule has 0 aliphatic carbocycles. The molecule has 1 heterocycles. The zero-order chi connectivity index (χ0) is 17.0. The van der Waals surface area contributed by atoms with Crippen LogP contribution in [0.1, 0.15) is 43.2 Å². The first-order chi connectivity index (χ1) is 11.0. The molecule has 0 bridgehead atoms. The van der Waals surface area contributed by atoms with Crippen molar-refractivity contribution in [3.8, 4) is 6.07 Å². The van der Waals surface area contributed by atoms with Gasteiger partial charge in [0.05, 0.1) is 24.3 Å². The molecule has 1 amide bonds. The molecule has 0 aliphatic rings. The number of amides is 1. The lowest BCUT2D eigenvalue weighted by atomic mass is 10.1. The molecule has 6 heteroatoms. The SMILES string of the molecule is COC(=O)c1c(C)[nH]c(C(=O)NCc2ccc(C#N)cc2)c1C. The Morgan fingerprint density at radius 1 is 1.26 bits per heavy atom. The van der Waals surface area contributed by atoms with E-state index in [1.165, 1.54) is 7.11 Å². The Bertz CT molecular complexity index is 783. The second kappa shape index (κ2) is 6.79. The first-order valence-electron chi connectivity index (χ1n) is 7.02. The number of H-pyrrole nitrogens is 1. The molecule has 0 fully saturated rings. The van der Waals surface area contributed by atoms with E-state index in [0.717, 1.165) is 5.56 Å². The van der Waals surface area contributed by atoms with E-state index in [9.17, 15) is 9.59 Å². The number of hydrogen-bond donors (Lipinski definition) is 2. The highest BCUT2D eigenvalue weighted by Crippen LogP contribution is 2.18. The van der Waals surface area contributed by atoms with E-state index in [2.05, 4.69) is 10.3 Å². The predicted molar refractivity (Wildman–Crippen MR) is 83.9 cm³/mol. The van der Waals surface area contributed by atoms with Gasteiger partial charge in [-0.25, -0.2) is 4.79 Å². The van der Waals surface area contributed by atoms with Crippen LogP contribution in [-0.4, -0.2) is 24.0 Å². The monoisotopic (exact) mass is 311 g/mol. The summed E-state index contributed by atoms with van der Waals surface area (Å²) in [4.78, 5) is 26.9. The Balaban J connectivity index is 2.12. The van der Waals surface area contributed by atoms with Crippen LogP contribution >= 0.6 is 0 Å². The summed E-state index contributed by atoms with van der Waals surface area (Å²) in [5.41, 5.74) is 3.34. The Morgan fingerprint density at radius 2 is 1.91 bits per heavy atom. The molecule has 0 aliphatic heterocycles. The normalized spacial score (nSPS) is 10.0. The van der Waals surface area contributed by atoms with Crippen molar-refractivity contribution >= 4 is 11.9 Å². The number of rotatable bonds is 4. The van der Waals surface area contributed by atoms with Gasteiger partial charge in [-0.15, -0.1) is 0 Å². The van der Waals surface area contributed by atoms with E-state index in [1.807, 2.05) is 6.07 Å². The summed E-state index contributed by atoms with van der Waals surface area (Å²) >= 11 is 0. The number of aromatic amines is 1. The van der Waals surface area contributed by atoms with Crippen LogP contribution in [0.25, 0.3) is 0 Å². The van der Waals surface area contributed by atoms with Crippen LogP contribution in [0.3, 0.4) is 0 Å². The summed E-state index contributed by atoms with van der Waals surface area (Å²) in [6.45, 7) is 3.75. The highest BCUT2D eigenvalue weighted by Gasteiger charge is 2.22. The number of aryl methyl sites for hydroxylation is 1. The van der Waals surface area contributed by atoms with E-state index >= 15 is 0 Å². The largest absolute Gasteiger partial charge is 0.465 e. The quantitative estimate of drug-likeness (QED) is 0.846. The molecule has 0 saturated carbocycles. The zero-order valence-corrected chi connectivity index (χ0v) is 13.2. The standard InChI is InChI=1S/C17H17N3O3/c1-10-14(17(22)23-3)11(2)20-15(10)16(21)19-9-13-6-4-12(8-18)5-7-13/h4-7,20H,9H2,1-3H3,(H,19,21). The van der Waals surface area contributed by atoms with Crippen molar-refractivity contribution in [3.05, 3.63) is 57.9 Å². The number of hydrogen-bond acceptors (Lipinski definition) is 4. The number of nitrogens with zero attached hydrogens (tertiary/aromatic N) is 1. The maximum Gasteiger partial charge on any atom is 0.339 e. The molecule has 0 unspecified atom stereocenters. The fourth-order valence-corrected chi connectivity index (χ4v) is 2.35. The number of methoxy groups -OCH3 is 1. The van der Waals surface area contributed by atoms with Gasteiger partial charge in [0.15, 0.2) is 0 Å². The molecule has 6 nitrogen and oxygen atoms in total. The molecule has 1 aromatic carbocycles. The molecule has 0 radical (unpaired) electrons. The lowest BCUT2D eigenvalue weighted by Crippen LogP contribution is -2.24. The van der Waals surface area contributed by atoms with Gasteiger partial charge in [-0.2, -0.15) is 5.26 Å². The second-order valence-corrected chi connectivity index (χ2v) is 5.11. The summed E-state index contributed by atoms with van der Waals surface area (Å²) in [5.74, 6) is -0.771. The molecule has 2 N–H and O–H groups in total. The lowest BCUT2D eigenvalue weighted by Gasteiger charge is -2.05. The number of ether oxygens (including phenoxy) is 1. The number of carbonyl (C=O) groups excluding carboxylic acids is 2. The van der Waals surface area contributed by atoms with E-state index < -0.39 is 5.97 Å². The predicted octanol–water partition coefficient (Wildman–Crippen LogP) is 2.22. The van der Waals surface area contributed by atoms with Crippen LogP contribution in [0.15, 0.2) is 24.3 Å². The Morgan fingerprint density at radius 3 is 2.48 bits per heavy atom. The van der Waals surface area contributed by atoms with Gasteiger partial charge in [-0.05, 0) is 37.1 Å². The summed E-state index contributed by atoms with van der Waals surface area (Å²) in [7, 11) is 1.30. The molecule has 0 spiro atoms. The van der Waals surface area contributed by atoms with Crippen LogP contribution in [-0.2, 0) is 11.3 Å². The van der Waals surface area contributed by atoms with E-state index in [4.69, 9.17) is 10.00 Å². The van der Waals surface area contributed by atoms with Crippen LogP contribution in [0, 0.1) is 25.2 Å². The summed E-state index contributed by atoms with van der Waals surface area (Å²) in [6.07, 6.45) is 0. The van der Waals surface area contributed by atoms with Crippen molar-refractivity contribution < 1.29 is 14.3 Å². The van der Waals surface area contributed by atoms with Gasteiger partial charge in [0.2, 0.25) is 0 Å². The average Bonchev–Trinajstić information content (AvgIpc) is 2.87. The first kappa shape index (κ1) is 16.3. The Labute approximate surface area is 134 Å². The summed E-state index contributed by atoms with van der Waals surface area (Å²) in [6, 6.07) is 9.00. The molecule has 23 heavy (non-hydrogen) atoms. The number of benzene rings is 1. The fourth-order valence-electron chi connectivity index (χ4n) is 2.35. The average molecular weight is 311 g/mol. The third-order valence-electron chi connectivity index (χ3n) is 3.59. The fraction of sp³-hybridized carbons (Fsp3) is 0.235. The number of esters is 1. The van der Waals surface area contributed by atoms with Crippen molar-refractivity contribution in [2.75, 3.05) is 7.11 Å². The van der Waals surface area contributed by atoms with Crippen molar-refractivity contribution in [2.24, 2.45) is 0 Å². The molecule has 1 aromatic heterocycles. The van der Waals surface area contributed by atoms with Gasteiger partial charge in [-0.3, -0.25) is 4.79 Å². The minimum absolute atomic E-state index is 0.301. The minimum atomic E-state index is -0.470. The number of nitriles is 1. The Hall–Kier alpha value is -3.07. The topological polar surface area (TPSA) is 95.0 Å². The maximum atomic E-state index is 12.3. The van der Waals surface area contributed by atoms with Crippen molar-refractivity contribution in [1.29, 1.82) is 5.26 Å². The highest BCUT2D eigenvalue weighted by molar-refractivity contribution is 6.00. The zero-order valence-electron chi connectivity index (χ0n) is 13.2. The molecular weight excluding hydrogens is 294 g/mol. The van der Waals surface area contributed by atoms with E-state index in [1.54, 1.807) is 38.1 Å². The number of aromatic nitrogens is 1. The van der Waals surface area contributed by atoms with Crippen molar-refractivity contribution in [1.82, 2.24) is 10.3 Å². The smallest absolute Gasteiger partial charge is 0.339 e. The van der Waals surface area contributed by atoms with Crippen LogP contribution in [0.4, 0.5) is 0 Å². The molecule has 118 valence electrons. The minimum Gasteiger partial charge on any atom is -0.465 e. The first-order valence-corrected chi connectivity index (χ1v) is 7.02. The van der Waals surface area contributed by atoms with Gasteiger partial charge in [0.25, 0.3) is 5.91 Å². The molecule has 2 rings (SSSR count). The maximum absolute atomic E-state index is 12.3. The van der Waals surface area contributed by atoms with Gasteiger partial charge in [-0.1, -0.05) is 12.1 Å². The molecule has 2 aromatic rings. The van der Waals surface area contributed by atoms with Crippen LogP contribution in [0.5, 0.6) is 0 Å². The van der Waals surface area contributed by atoms with Gasteiger partial charge < -0.3 is 15.0 Å². The van der Waals surface area contributed by atoms with Gasteiger partial charge in [0.1, 0.15) is 5.69 Å². The van der Waals surface area contributed by atoms with Gasteiger partial charge in [0, 0.05) is 12.2 Å². The lowest BCUT2D eigenvalue weighted by molar-refractivity contribution is 0.0599. The van der Waals surface area contributed by atoms with Crippen LogP contribution in [0.2, 0.25) is 0 Å². The molecule has 0 atom stereocenters. The van der Waals surface area contributed by atoms with E-state index in [0.29, 0.717) is 34.6 Å². The number of nitrogens with one attached hydrogen (secondary N) is 2. The summed E-state index contributed by atoms with van der Waals surface area (Å²) in [5, 5.41) is 11.5. The highest BCUT2D eigenvalue weighted by atomic mass is 16.5. The molecule has 0 saturated heterocycles.